The second kappa shape index (κ2) is 3.94. The van der Waals surface area contributed by atoms with Gasteiger partial charge in [-0.1, -0.05) is 6.07 Å². The zero-order valence-electron chi connectivity index (χ0n) is 8.10. The quantitative estimate of drug-likeness (QED) is 0.837. The number of thiophene rings is 1. The summed E-state index contributed by atoms with van der Waals surface area (Å²) < 4.78 is 1.99. The van der Waals surface area contributed by atoms with Crippen LogP contribution >= 0.6 is 11.3 Å². The minimum atomic E-state index is 0.505. The minimum Gasteiger partial charge on any atom is -0.325 e. The van der Waals surface area contributed by atoms with Crippen molar-refractivity contribution in [3.8, 4) is 10.6 Å². The molecule has 0 spiro atoms. The number of aryl methyl sites for hydroxylation is 1. The van der Waals surface area contributed by atoms with Crippen LogP contribution in [0.3, 0.4) is 0 Å². The van der Waals surface area contributed by atoms with E-state index in [4.69, 9.17) is 5.73 Å². The molecule has 0 aliphatic heterocycles. The Labute approximate surface area is 87.2 Å². The van der Waals surface area contributed by atoms with Gasteiger partial charge in [-0.15, -0.1) is 11.3 Å². The molecule has 2 heterocycles. The van der Waals surface area contributed by atoms with Crippen LogP contribution < -0.4 is 5.73 Å². The fourth-order valence-electron chi connectivity index (χ4n) is 1.43. The van der Waals surface area contributed by atoms with Crippen molar-refractivity contribution < 1.29 is 0 Å². The van der Waals surface area contributed by atoms with Crippen molar-refractivity contribution in [2.75, 3.05) is 0 Å². The molecular weight excluding hydrogens is 194 g/mol. The topological polar surface area (TPSA) is 43.8 Å². The van der Waals surface area contributed by atoms with E-state index in [0.717, 1.165) is 12.2 Å². The van der Waals surface area contributed by atoms with E-state index in [1.54, 1.807) is 11.3 Å². The third kappa shape index (κ3) is 1.58. The lowest BCUT2D eigenvalue weighted by Crippen LogP contribution is -2.01. The second-order valence-corrected chi connectivity index (χ2v) is 3.97. The molecule has 0 aliphatic carbocycles. The third-order valence-corrected chi connectivity index (χ3v) is 3.01. The summed E-state index contributed by atoms with van der Waals surface area (Å²) in [6.45, 7) is 3.48. The van der Waals surface area contributed by atoms with Crippen molar-refractivity contribution >= 4 is 11.3 Å². The zero-order valence-corrected chi connectivity index (χ0v) is 8.92. The van der Waals surface area contributed by atoms with Crippen LogP contribution in [0.25, 0.3) is 10.6 Å². The smallest absolute Gasteiger partial charge is 0.0785 e. The summed E-state index contributed by atoms with van der Waals surface area (Å²) in [6.07, 6.45) is 0. The van der Waals surface area contributed by atoms with E-state index in [1.165, 1.54) is 10.6 Å². The maximum absolute atomic E-state index is 5.57. The van der Waals surface area contributed by atoms with Crippen molar-refractivity contribution in [1.82, 2.24) is 9.78 Å². The molecule has 2 aromatic heterocycles. The fourth-order valence-corrected chi connectivity index (χ4v) is 2.18. The van der Waals surface area contributed by atoms with Gasteiger partial charge < -0.3 is 5.73 Å². The van der Waals surface area contributed by atoms with E-state index in [-0.39, 0.29) is 0 Å². The lowest BCUT2D eigenvalue weighted by atomic mass is 10.3. The van der Waals surface area contributed by atoms with Crippen LogP contribution in [0.5, 0.6) is 0 Å². The molecule has 4 heteroatoms. The molecule has 0 aliphatic rings. The molecule has 0 fully saturated rings. The predicted molar refractivity (Wildman–Crippen MR) is 59.1 cm³/mol. The summed E-state index contributed by atoms with van der Waals surface area (Å²) in [5, 5.41) is 6.48. The summed E-state index contributed by atoms with van der Waals surface area (Å²) in [5.74, 6) is 0. The minimum absolute atomic E-state index is 0.505. The van der Waals surface area contributed by atoms with Crippen molar-refractivity contribution in [3.63, 3.8) is 0 Å². The number of hydrogen-bond donors (Lipinski definition) is 1. The van der Waals surface area contributed by atoms with Crippen molar-refractivity contribution in [2.45, 2.75) is 20.0 Å². The second-order valence-electron chi connectivity index (χ2n) is 3.02. The number of rotatable bonds is 3. The number of hydrogen-bond acceptors (Lipinski definition) is 3. The molecule has 0 saturated carbocycles. The highest BCUT2D eigenvalue weighted by molar-refractivity contribution is 7.13. The number of nitrogens with zero attached hydrogens (tertiary/aromatic N) is 2. The summed E-state index contributed by atoms with van der Waals surface area (Å²) in [7, 11) is 0. The van der Waals surface area contributed by atoms with Gasteiger partial charge in [0, 0.05) is 13.1 Å². The van der Waals surface area contributed by atoms with Crippen molar-refractivity contribution in [3.05, 3.63) is 29.3 Å². The summed E-state index contributed by atoms with van der Waals surface area (Å²) in [5.41, 5.74) is 7.69. The van der Waals surface area contributed by atoms with Gasteiger partial charge in [0.25, 0.3) is 0 Å². The number of nitrogens with two attached hydrogens (primary N) is 1. The average molecular weight is 207 g/mol. The molecule has 0 bridgehead atoms. The van der Waals surface area contributed by atoms with E-state index >= 15 is 0 Å². The van der Waals surface area contributed by atoms with E-state index in [0.29, 0.717) is 6.54 Å². The monoisotopic (exact) mass is 207 g/mol. The molecule has 0 atom stereocenters. The highest BCUT2D eigenvalue weighted by Gasteiger charge is 2.08. The third-order valence-electron chi connectivity index (χ3n) is 2.11. The van der Waals surface area contributed by atoms with Gasteiger partial charge in [-0.05, 0) is 24.4 Å². The van der Waals surface area contributed by atoms with Gasteiger partial charge in [0.15, 0.2) is 0 Å². The maximum Gasteiger partial charge on any atom is 0.0785 e. The Bertz CT molecular complexity index is 403. The molecular formula is C10H13N3S. The first kappa shape index (κ1) is 9.43. The highest BCUT2D eigenvalue weighted by Crippen LogP contribution is 2.25. The zero-order chi connectivity index (χ0) is 9.97. The van der Waals surface area contributed by atoms with Crippen LogP contribution in [0.2, 0.25) is 0 Å². The van der Waals surface area contributed by atoms with Crippen LogP contribution in [0.15, 0.2) is 23.6 Å². The van der Waals surface area contributed by atoms with Gasteiger partial charge in [0.05, 0.1) is 16.3 Å². The summed E-state index contributed by atoms with van der Waals surface area (Å²) >= 11 is 1.73. The van der Waals surface area contributed by atoms with Gasteiger partial charge in [-0.25, -0.2) is 0 Å². The van der Waals surface area contributed by atoms with Gasteiger partial charge in [-0.3, -0.25) is 4.68 Å². The summed E-state index contributed by atoms with van der Waals surface area (Å²) in [4.78, 5) is 1.25. The van der Waals surface area contributed by atoms with Crippen LogP contribution in [-0.4, -0.2) is 9.78 Å². The highest BCUT2D eigenvalue weighted by atomic mass is 32.1. The molecule has 0 saturated heterocycles. The van der Waals surface area contributed by atoms with E-state index in [2.05, 4.69) is 35.6 Å². The fraction of sp³-hybridized carbons (Fsp3) is 0.300. The molecule has 2 aromatic rings. The Morgan fingerprint density at radius 2 is 2.43 bits per heavy atom. The molecule has 14 heavy (non-hydrogen) atoms. The van der Waals surface area contributed by atoms with Gasteiger partial charge in [-0.2, -0.15) is 5.10 Å². The average Bonchev–Trinajstić information content (AvgIpc) is 2.85. The van der Waals surface area contributed by atoms with E-state index < -0.39 is 0 Å². The largest absolute Gasteiger partial charge is 0.325 e. The molecule has 0 aromatic carbocycles. The lowest BCUT2D eigenvalue weighted by Gasteiger charge is -2.00. The first-order chi connectivity index (χ1) is 6.85. The van der Waals surface area contributed by atoms with Crippen LogP contribution in [0.4, 0.5) is 0 Å². The molecule has 2 N–H and O–H groups in total. The van der Waals surface area contributed by atoms with E-state index in [1.807, 2.05) is 4.68 Å². The molecule has 0 radical (unpaired) electrons. The van der Waals surface area contributed by atoms with Gasteiger partial charge in [0.1, 0.15) is 0 Å². The lowest BCUT2D eigenvalue weighted by molar-refractivity contribution is 0.654. The molecule has 2 rings (SSSR count). The van der Waals surface area contributed by atoms with Crippen LogP contribution in [0, 0.1) is 0 Å². The Morgan fingerprint density at radius 3 is 3.00 bits per heavy atom. The Morgan fingerprint density at radius 1 is 1.57 bits per heavy atom. The standard InChI is InChI=1S/C10H13N3S/c1-2-13-9(6-8(7-11)12-13)10-4-3-5-14-10/h3-6H,2,7,11H2,1H3. The van der Waals surface area contributed by atoms with Crippen LogP contribution in [-0.2, 0) is 13.1 Å². The van der Waals surface area contributed by atoms with Gasteiger partial charge >= 0.3 is 0 Å². The first-order valence-electron chi connectivity index (χ1n) is 4.65. The molecule has 74 valence electrons. The Hall–Kier alpha value is -1.13. The first-order valence-corrected chi connectivity index (χ1v) is 5.53. The van der Waals surface area contributed by atoms with Gasteiger partial charge in [0.2, 0.25) is 0 Å². The molecule has 3 nitrogen and oxygen atoms in total. The summed E-state index contributed by atoms with van der Waals surface area (Å²) in [6, 6.07) is 6.22. The predicted octanol–water partition coefficient (Wildman–Crippen LogP) is 2.09. The van der Waals surface area contributed by atoms with E-state index in [9.17, 15) is 0 Å². The number of aromatic nitrogens is 2. The van der Waals surface area contributed by atoms with Crippen LogP contribution in [0.1, 0.15) is 12.6 Å². The molecule has 0 unspecified atom stereocenters. The maximum atomic E-state index is 5.57. The Balaban J connectivity index is 2.46. The van der Waals surface area contributed by atoms with Crippen molar-refractivity contribution in [2.24, 2.45) is 5.73 Å². The SMILES string of the molecule is CCn1nc(CN)cc1-c1cccs1. The normalized spacial score (nSPS) is 10.7. The Kier molecular flexibility index (Phi) is 2.65. The van der Waals surface area contributed by atoms with Crippen molar-refractivity contribution in [1.29, 1.82) is 0 Å². The molecule has 0 amide bonds.